The second-order valence-corrected chi connectivity index (χ2v) is 5.25. The molecule has 2 N–H and O–H groups in total. The Morgan fingerprint density at radius 2 is 1.17 bits per heavy atom. The fourth-order valence-corrected chi connectivity index (χ4v) is 2.77. The Morgan fingerprint density at radius 3 is 1.67 bits per heavy atom. The van der Waals surface area contributed by atoms with E-state index in [1.165, 1.54) is 6.07 Å². The monoisotopic (exact) mass is 318 g/mol. The van der Waals surface area contributed by atoms with Gasteiger partial charge in [0.15, 0.2) is 0 Å². The number of benzene rings is 3. The Morgan fingerprint density at radius 1 is 0.625 bits per heavy atom. The van der Waals surface area contributed by atoms with Gasteiger partial charge in [0.05, 0.1) is 11.1 Å². The molecule has 0 bridgehead atoms. The molecule has 0 atom stereocenters. The van der Waals surface area contributed by atoms with Crippen molar-refractivity contribution in [3.8, 4) is 22.3 Å². The molecule has 0 spiro atoms. The number of carbonyl (C=O) groups is 2. The minimum atomic E-state index is -1.26. The maximum absolute atomic E-state index is 11.8. The van der Waals surface area contributed by atoms with Crippen molar-refractivity contribution in [1.82, 2.24) is 0 Å². The lowest BCUT2D eigenvalue weighted by atomic mass is 9.87. The summed E-state index contributed by atoms with van der Waals surface area (Å²) < 4.78 is 0. The lowest BCUT2D eigenvalue weighted by Crippen LogP contribution is -2.11. The lowest BCUT2D eigenvalue weighted by Gasteiger charge is -2.15. The maximum atomic E-state index is 11.8. The number of aromatic carboxylic acids is 2. The zero-order valence-corrected chi connectivity index (χ0v) is 12.6. The molecular formula is C20H14O4. The summed E-state index contributed by atoms with van der Waals surface area (Å²) in [6, 6.07) is 21.3. The van der Waals surface area contributed by atoms with Gasteiger partial charge in [0.25, 0.3) is 0 Å². The van der Waals surface area contributed by atoms with Gasteiger partial charge >= 0.3 is 11.9 Å². The van der Waals surface area contributed by atoms with Gasteiger partial charge in [0.1, 0.15) is 0 Å². The van der Waals surface area contributed by atoms with Crippen molar-refractivity contribution in [2.75, 3.05) is 0 Å². The summed E-state index contributed by atoms with van der Waals surface area (Å²) in [4.78, 5) is 23.3. The quantitative estimate of drug-likeness (QED) is 0.747. The topological polar surface area (TPSA) is 74.6 Å². The predicted molar refractivity (Wildman–Crippen MR) is 91.2 cm³/mol. The molecule has 3 aromatic carbocycles. The molecular weight excluding hydrogens is 304 g/mol. The van der Waals surface area contributed by atoms with E-state index in [0.29, 0.717) is 16.7 Å². The number of carboxylic acid groups (broad SMARTS) is 2. The Kier molecular flexibility index (Phi) is 4.12. The van der Waals surface area contributed by atoms with Gasteiger partial charge in [-0.3, -0.25) is 0 Å². The van der Waals surface area contributed by atoms with Gasteiger partial charge < -0.3 is 10.2 Å². The summed E-state index contributed by atoms with van der Waals surface area (Å²) in [7, 11) is 0. The lowest BCUT2D eigenvalue weighted by molar-refractivity contribution is 0.0652. The summed E-state index contributed by atoms with van der Waals surface area (Å²) in [5, 5.41) is 19.0. The van der Waals surface area contributed by atoms with E-state index in [0.717, 1.165) is 5.56 Å². The highest BCUT2D eigenvalue weighted by Crippen LogP contribution is 2.36. The van der Waals surface area contributed by atoms with E-state index in [2.05, 4.69) is 0 Å². The summed E-state index contributed by atoms with van der Waals surface area (Å²) in [6.45, 7) is 0. The largest absolute Gasteiger partial charge is 0.478 e. The van der Waals surface area contributed by atoms with Crippen LogP contribution in [0.1, 0.15) is 20.7 Å². The van der Waals surface area contributed by atoms with Crippen molar-refractivity contribution >= 4 is 11.9 Å². The molecule has 24 heavy (non-hydrogen) atoms. The molecule has 0 aliphatic heterocycles. The Balaban J connectivity index is 2.42. The van der Waals surface area contributed by atoms with Crippen LogP contribution in [0.5, 0.6) is 0 Å². The van der Waals surface area contributed by atoms with Crippen molar-refractivity contribution < 1.29 is 19.8 Å². The van der Waals surface area contributed by atoms with Gasteiger partial charge in [-0.1, -0.05) is 66.7 Å². The highest BCUT2D eigenvalue weighted by atomic mass is 16.4. The smallest absolute Gasteiger partial charge is 0.337 e. The molecule has 0 saturated carbocycles. The van der Waals surface area contributed by atoms with Crippen LogP contribution in [0, 0.1) is 0 Å². The zero-order valence-electron chi connectivity index (χ0n) is 12.6. The summed E-state index contributed by atoms with van der Waals surface area (Å²) in [5.74, 6) is -2.52. The Bertz CT molecular complexity index is 900. The van der Waals surface area contributed by atoms with Crippen LogP contribution in [0.4, 0.5) is 0 Å². The third-order valence-corrected chi connectivity index (χ3v) is 3.80. The summed E-state index contributed by atoms with van der Waals surface area (Å²) in [6.07, 6.45) is 0. The summed E-state index contributed by atoms with van der Waals surface area (Å²) in [5.41, 5.74) is 2.17. The number of hydrogen-bond acceptors (Lipinski definition) is 2. The molecule has 3 rings (SSSR count). The van der Waals surface area contributed by atoms with Crippen LogP contribution in [0.3, 0.4) is 0 Å². The van der Waals surface area contributed by atoms with Crippen LogP contribution in [0.2, 0.25) is 0 Å². The number of hydrogen-bond donors (Lipinski definition) is 2. The summed E-state index contributed by atoms with van der Waals surface area (Å²) >= 11 is 0. The van der Waals surface area contributed by atoms with Gasteiger partial charge in [0.2, 0.25) is 0 Å². The van der Waals surface area contributed by atoms with Crippen molar-refractivity contribution in [1.29, 1.82) is 0 Å². The average molecular weight is 318 g/mol. The normalized spacial score (nSPS) is 10.3. The van der Waals surface area contributed by atoms with E-state index in [-0.39, 0.29) is 11.1 Å². The van der Waals surface area contributed by atoms with Gasteiger partial charge in [-0.05, 0) is 22.8 Å². The van der Waals surface area contributed by atoms with Crippen LogP contribution < -0.4 is 0 Å². The van der Waals surface area contributed by atoms with Crippen molar-refractivity contribution in [2.24, 2.45) is 0 Å². The van der Waals surface area contributed by atoms with Gasteiger partial charge in [-0.15, -0.1) is 0 Å². The molecule has 0 amide bonds. The number of rotatable bonds is 4. The molecule has 0 aliphatic rings. The molecule has 3 aromatic rings. The first-order valence-electron chi connectivity index (χ1n) is 7.34. The van der Waals surface area contributed by atoms with E-state index in [1.54, 1.807) is 30.3 Å². The molecule has 0 aliphatic carbocycles. The van der Waals surface area contributed by atoms with Crippen LogP contribution >= 0.6 is 0 Å². The fraction of sp³-hybridized carbons (Fsp3) is 0. The fourth-order valence-electron chi connectivity index (χ4n) is 2.77. The van der Waals surface area contributed by atoms with E-state index in [1.807, 2.05) is 36.4 Å². The van der Waals surface area contributed by atoms with Gasteiger partial charge in [0, 0.05) is 5.56 Å². The third-order valence-electron chi connectivity index (χ3n) is 3.80. The molecule has 0 heterocycles. The Labute approximate surface area is 138 Å². The van der Waals surface area contributed by atoms with E-state index < -0.39 is 11.9 Å². The molecule has 0 fully saturated rings. The highest BCUT2D eigenvalue weighted by Gasteiger charge is 2.24. The van der Waals surface area contributed by atoms with Gasteiger partial charge in [-0.2, -0.15) is 0 Å². The van der Waals surface area contributed by atoms with Crippen LogP contribution in [-0.2, 0) is 0 Å². The highest BCUT2D eigenvalue weighted by molar-refractivity contribution is 6.09. The van der Waals surface area contributed by atoms with Crippen LogP contribution in [0.25, 0.3) is 22.3 Å². The average Bonchev–Trinajstić information content (AvgIpc) is 2.61. The minimum absolute atomic E-state index is 0.199. The Hall–Kier alpha value is -3.40. The zero-order chi connectivity index (χ0) is 17.1. The van der Waals surface area contributed by atoms with E-state index >= 15 is 0 Å². The first-order chi connectivity index (χ1) is 11.6. The molecule has 0 unspecified atom stereocenters. The van der Waals surface area contributed by atoms with Gasteiger partial charge in [-0.25, -0.2) is 9.59 Å². The minimum Gasteiger partial charge on any atom is -0.478 e. The van der Waals surface area contributed by atoms with Crippen molar-refractivity contribution in [2.45, 2.75) is 0 Å². The predicted octanol–water partition coefficient (Wildman–Crippen LogP) is 4.42. The van der Waals surface area contributed by atoms with Crippen LogP contribution in [-0.4, -0.2) is 22.2 Å². The van der Waals surface area contributed by atoms with Crippen molar-refractivity contribution in [3.63, 3.8) is 0 Å². The number of carboxylic acids is 2. The molecule has 0 aromatic heterocycles. The molecule has 0 radical (unpaired) electrons. The molecule has 118 valence electrons. The third kappa shape index (κ3) is 2.77. The standard InChI is InChI=1S/C20H14O4/c21-19(22)16-12-11-15(13-7-3-1-4-8-13)17(18(16)20(23)24)14-9-5-2-6-10-14/h1-12H,(H,21,22)(H,23,24). The molecule has 4 nitrogen and oxygen atoms in total. The molecule has 4 heteroatoms. The SMILES string of the molecule is O=C(O)c1ccc(-c2ccccc2)c(-c2ccccc2)c1C(=O)O. The first kappa shape index (κ1) is 15.5. The molecule has 0 saturated heterocycles. The van der Waals surface area contributed by atoms with Crippen LogP contribution in [0.15, 0.2) is 72.8 Å². The second kappa shape index (κ2) is 6.38. The van der Waals surface area contributed by atoms with E-state index in [9.17, 15) is 19.8 Å². The first-order valence-corrected chi connectivity index (χ1v) is 7.34. The van der Waals surface area contributed by atoms with E-state index in [4.69, 9.17) is 0 Å². The second-order valence-electron chi connectivity index (χ2n) is 5.25. The van der Waals surface area contributed by atoms with Crippen molar-refractivity contribution in [3.05, 3.63) is 83.9 Å². The maximum Gasteiger partial charge on any atom is 0.337 e.